The standard InChI is InChI=1S/C17H19NO5/c1-18-15(19)17(16(20)21)10-13(23-3)8-9-14(17)11-4-6-12(22-2)7-5-11/h4-9H,10H2,1-3H3,(H,18,19)(H,20,21). The average molecular weight is 317 g/mol. The summed E-state index contributed by atoms with van der Waals surface area (Å²) in [6.07, 6.45) is 3.26. The number of carbonyl (C=O) groups excluding carboxylic acids is 1. The number of amides is 1. The molecular weight excluding hydrogens is 298 g/mol. The molecule has 0 heterocycles. The minimum Gasteiger partial charge on any atom is -0.501 e. The third-order valence-electron chi connectivity index (χ3n) is 3.98. The van der Waals surface area contributed by atoms with Gasteiger partial charge in [0.15, 0.2) is 5.41 Å². The molecule has 0 radical (unpaired) electrons. The largest absolute Gasteiger partial charge is 0.501 e. The van der Waals surface area contributed by atoms with E-state index in [1.54, 1.807) is 43.5 Å². The molecule has 2 rings (SSSR count). The van der Waals surface area contributed by atoms with E-state index in [-0.39, 0.29) is 6.42 Å². The first kappa shape index (κ1) is 16.6. The lowest BCUT2D eigenvalue weighted by Gasteiger charge is -2.33. The molecule has 1 amide bonds. The highest BCUT2D eigenvalue weighted by Crippen LogP contribution is 2.44. The Labute approximate surface area is 134 Å². The third kappa shape index (κ3) is 2.79. The van der Waals surface area contributed by atoms with Crippen LogP contribution in [-0.4, -0.2) is 38.3 Å². The molecule has 1 atom stereocenters. The number of hydrogen-bond acceptors (Lipinski definition) is 4. The van der Waals surface area contributed by atoms with Gasteiger partial charge in [-0.2, -0.15) is 0 Å². The van der Waals surface area contributed by atoms with Crippen LogP contribution in [0.4, 0.5) is 0 Å². The Morgan fingerprint density at radius 3 is 2.26 bits per heavy atom. The lowest BCUT2D eigenvalue weighted by molar-refractivity contribution is -0.151. The molecule has 1 aliphatic carbocycles. The maximum Gasteiger partial charge on any atom is 0.324 e. The summed E-state index contributed by atoms with van der Waals surface area (Å²) in [6.45, 7) is 0. The monoisotopic (exact) mass is 317 g/mol. The first-order chi connectivity index (χ1) is 11.0. The molecule has 0 saturated heterocycles. The second-order valence-corrected chi connectivity index (χ2v) is 5.11. The van der Waals surface area contributed by atoms with Gasteiger partial charge in [-0.15, -0.1) is 0 Å². The number of carboxylic acids is 1. The van der Waals surface area contributed by atoms with Crippen LogP contribution in [-0.2, 0) is 14.3 Å². The van der Waals surface area contributed by atoms with Crippen LogP contribution in [0.5, 0.6) is 5.75 Å². The van der Waals surface area contributed by atoms with Crippen molar-refractivity contribution in [2.24, 2.45) is 5.41 Å². The van der Waals surface area contributed by atoms with Crippen molar-refractivity contribution < 1.29 is 24.2 Å². The van der Waals surface area contributed by atoms with Gasteiger partial charge in [0, 0.05) is 13.5 Å². The van der Waals surface area contributed by atoms with Crippen LogP contribution in [0.15, 0.2) is 42.2 Å². The lowest BCUT2D eigenvalue weighted by atomic mass is 9.70. The van der Waals surface area contributed by atoms with Gasteiger partial charge in [-0.3, -0.25) is 9.59 Å². The zero-order valence-electron chi connectivity index (χ0n) is 13.3. The SMILES string of the molecule is CNC(=O)C1(C(=O)O)CC(OC)=CC=C1c1ccc(OC)cc1. The van der Waals surface area contributed by atoms with Crippen LogP contribution in [0, 0.1) is 5.41 Å². The first-order valence-corrected chi connectivity index (χ1v) is 7.05. The average Bonchev–Trinajstić information content (AvgIpc) is 2.60. The highest BCUT2D eigenvalue weighted by Gasteiger charge is 2.51. The third-order valence-corrected chi connectivity index (χ3v) is 3.98. The van der Waals surface area contributed by atoms with Gasteiger partial charge in [0.25, 0.3) is 0 Å². The molecule has 0 aliphatic heterocycles. The minimum atomic E-state index is -1.73. The number of ether oxygens (including phenoxy) is 2. The predicted molar refractivity (Wildman–Crippen MR) is 84.8 cm³/mol. The van der Waals surface area contributed by atoms with Gasteiger partial charge >= 0.3 is 5.97 Å². The van der Waals surface area contributed by atoms with E-state index in [0.29, 0.717) is 22.6 Å². The van der Waals surface area contributed by atoms with Gasteiger partial charge in [0.05, 0.1) is 20.0 Å². The zero-order chi connectivity index (χ0) is 17.0. The van der Waals surface area contributed by atoms with Crippen molar-refractivity contribution in [1.82, 2.24) is 5.32 Å². The van der Waals surface area contributed by atoms with Crippen molar-refractivity contribution >= 4 is 17.4 Å². The molecule has 1 aliphatic rings. The fraction of sp³-hybridized carbons (Fsp3) is 0.294. The summed E-state index contributed by atoms with van der Waals surface area (Å²) in [6, 6.07) is 6.91. The number of rotatable bonds is 5. The molecule has 23 heavy (non-hydrogen) atoms. The molecule has 122 valence electrons. The summed E-state index contributed by atoms with van der Waals surface area (Å²) in [5.74, 6) is -0.719. The molecule has 1 aromatic carbocycles. The highest BCUT2D eigenvalue weighted by atomic mass is 16.5. The van der Waals surface area contributed by atoms with E-state index < -0.39 is 17.3 Å². The van der Waals surface area contributed by atoms with E-state index in [9.17, 15) is 14.7 Å². The van der Waals surface area contributed by atoms with Crippen molar-refractivity contribution in [3.05, 3.63) is 47.7 Å². The van der Waals surface area contributed by atoms with Gasteiger partial charge in [0.2, 0.25) is 5.91 Å². The van der Waals surface area contributed by atoms with Crippen molar-refractivity contribution in [2.45, 2.75) is 6.42 Å². The smallest absolute Gasteiger partial charge is 0.324 e. The zero-order valence-corrected chi connectivity index (χ0v) is 13.3. The Morgan fingerprint density at radius 1 is 1.13 bits per heavy atom. The minimum absolute atomic E-state index is 0.0453. The summed E-state index contributed by atoms with van der Waals surface area (Å²) in [4.78, 5) is 24.5. The normalized spacial score (nSPS) is 20.1. The van der Waals surface area contributed by atoms with Gasteiger partial charge < -0.3 is 19.9 Å². The second-order valence-electron chi connectivity index (χ2n) is 5.11. The van der Waals surface area contributed by atoms with Crippen LogP contribution in [0.2, 0.25) is 0 Å². The van der Waals surface area contributed by atoms with E-state index in [2.05, 4.69) is 5.32 Å². The van der Waals surface area contributed by atoms with Crippen LogP contribution in [0.1, 0.15) is 12.0 Å². The number of carboxylic acid groups (broad SMARTS) is 1. The van der Waals surface area contributed by atoms with E-state index >= 15 is 0 Å². The van der Waals surface area contributed by atoms with Crippen LogP contribution < -0.4 is 10.1 Å². The van der Waals surface area contributed by atoms with Crippen LogP contribution in [0.3, 0.4) is 0 Å². The van der Waals surface area contributed by atoms with Crippen molar-refractivity contribution in [3.8, 4) is 5.75 Å². The van der Waals surface area contributed by atoms with Crippen molar-refractivity contribution in [1.29, 1.82) is 0 Å². The van der Waals surface area contributed by atoms with Crippen LogP contribution >= 0.6 is 0 Å². The van der Waals surface area contributed by atoms with E-state index in [4.69, 9.17) is 9.47 Å². The molecule has 0 spiro atoms. The quantitative estimate of drug-likeness (QED) is 0.809. The molecule has 0 fully saturated rings. The topological polar surface area (TPSA) is 84.9 Å². The Balaban J connectivity index is 2.62. The number of hydrogen-bond donors (Lipinski definition) is 2. The number of methoxy groups -OCH3 is 2. The number of benzene rings is 1. The van der Waals surface area contributed by atoms with E-state index in [1.807, 2.05) is 0 Å². The molecule has 1 unspecified atom stereocenters. The van der Waals surface area contributed by atoms with Gasteiger partial charge in [-0.25, -0.2) is 0 Å². The fourth-order valence-corrected chi connectivity index (χ4v) is 2.69. The molecule has 0 saturated carbocycles. The Morgan fingerprint density at radius 2 is 1.78 bits per heavy atom. The number of nitrogens with one attached hydrogen (secondary N) is 1. The lowest BCUT2D eigenvalue weighted by Crippen LogP contribution is -2.47. The molecule has 1 aromatic rings. The molecule has 0 bridgehead atoms. The number of carbonyl (C=O) groups is 2. The van der Waals surface area contributed by atoms with Gasteiger partial charge in [0.1, 0.15) is 5.75 Å². The van der Waals surface area contributed by atoms with E-state index in [0.717, 1.165) is 0 Å². The Hall–Kier alpha value is -2.76. The predicted octanol–water partition coefficient (Wildman–Crippen LogP) is 1.83. The Bertz CT molecular complexity index is 675. The molecule has 2 N–H and O–H groups in total. The van der Waals surface area contributed by atoms with Gasteiger partial charge in [-0.05, 0) is 29.3 Å². The summed E-state index contributed by atoms with van der Waals surface area (Å²) < 4.78 is 10.3. The number of aliphatic carboxylic acids is 1. The summed E-state index contributed by atoms with van der Waals surface area (Å²) in [7, 11) is 4.42. The second kappa shape index (κ2) is 6.56. The molecule has 6 heteroatoms. The molecule has 6 nitrogen and oxygen atoms in total. The maximum absolute atomic E-state index is 12.5. The number of allylic oxidation sites excluding steroid dienone is 3. The maximum atomic E-state index is 12.5. The first-order valence-electron chi connectivity index (χ1n) is 7.05. The van der Waals surface area contributed by atoms with Crippen molar-refractivity contribution in [3.63, 3.8) is 0 Å². The summed E-state index contributed by atoms with van der Waals surface area (Å²) >= 11 is 0. The van der Waals surface area contributed by atoms with Crippen molar-refractivity contribution in [2.75, 3.05) is 21.3 Å². The summed E-state index contributed by atoms with van der Waals surface area (Å²) in [5.41, 5.74) is -0.681. The van der Waals surface area contributed by atoms with Crippen LogP contribution in [0.25, 0.3) is 5.57 Å². The van der Waals surface area contributed by atoms with E-state index in [1.165, 1.54) is 14.2 Å². The van der Waals surface area contributed by atoms with Gasteiger partial charge in [-0.1, -0.05) is 18.2 Å². The fourth-order valence-electron chi connectivity index (χ4n) is 2.69. The molecular formula is C17H19NO5. The Kier molecular flexibility index (Phi) is 4.74. The molecule has 0 aromatic heterocycles. The summed E-state index contributed by atoms with van der Waals surface area (Å²) in [5, 5.41) is 12.3. The highest BCUT2D eigenvalue weighted by molar-refractivity contribution is 6.14.